The third-order valence-electron chi connectivity index (χ3n) is 2.71. The molecule has 1 aromatic rings. The lowest BCUT2D eigenvalue weighted by atomic mass is 10.0. The first-order chi connectivity index (χ1) is 8.71. The van der Waals surface area contributed by atoms with E-state index in [1.165, 1.54) is 0 Å². The zero-order valence-corrected chi connectivity index (χ0v) is 13.0. The second kappa shape index (κ2) is 6.35. The van der Waals surface area contributed by atoms with Gasteiger partial charge in [0, 0.05) is 29.1 Å². The maximum atomic E-state index is 12.5. The molecule has 5 heteroatoms. The summed E-state index contributed by atoms with van der Waals surface area (Å²) in [6.07, 6.45) is 0.513. The summed E-state index contributed by atoms with van der Waals surface area (Å²) in [6, 6.07) is 6.94. The lowest BCUT2D eigenvalue weighted by molar-refractivity contribution is 0.0591. The standard InChI is InChI=1S/C14H19ClN2OS/c1-14(2,3)17(8-7-12(16)19)13(18)10-5-4-6-11(15)9-10/h4-6,9H,7-8H2,1-3H3,(H2,16,19). The van der Waals surface area contributed by atoms with Crippen molar-refractivity contribution < 1.29 is 4.79 Å². The van der Waals surface area contributed by atoms with Crippen LogP contribution >= 0.6 is 23.8 Å². The van der Waals surface area contributed by atoms with Gasteiger partial charge in [-0.2, -0.15) is 0 Å². The molecule has 0 aliphatic carbocycles. The van der Waals surface area contributed by atoms with Gasteiger partial charge in [0.15, 0.2) is 0 Å². The van der Waals surface area contributed by atoms with Crippen LogP contribution in [0.2, 0.25) is 5.02 Å². The van der Waals surface area contributed by atoms with Crippen molar-refractivity contribution in [3.63, 3.8) is 0 Å². The molecule has 0 radical (unpaired) electrons. The lowest BCUT2D eigenvalue weighted by Gasteiger charge is -2.36. The predicted octanol–water partition coefficient (Wildman–Crippen LogP) is 3.26. The minimum Gasteiger partial charge on any atom is -0.393 e. The van der Waals surface area contributed by atoms with Gasteiger partial charge in [0.2, 0.25) is 0 Å². The van der Waals surface area contributed by atoms with Crippen molar-refractivity contribution >= 4 is 34.7 Å². The van der Waals surface area contributed by atoms with Crippen LogP contribution in [0.25, 0.3) is 0 Å². The van der Waals surface area contributed by atoms with E-state index in [0.29, 0.717) is 28.5 Å². The van der Waals surface area contributed by atoms with Crippen LogP contribution < -0.4 is 5.73 Å². The Labute approximate surface area is 124 Å². The normalized spacial score (nSPS) is 11.2. The Kier molecular flexibility index (Phi) is 5.32. The molecule has 0 aromatic heterocycles. The smallest absolute Gasteiger partial charge is 0.254 e. The number of amides is 1. The zero-order chi connectivity index (χ0) is 14.6. The van der Waals surface area contributed by atoms with Crippen LogP contribution in [0.5, 0.6) is 0 Å². The molecule has 2 N–H and O–H groups in total. The Morgan fingerprint density at radius 1 is 1.42 bits per heavy atom. The van der Waals surface area contributed by atoms with Crippen molar-refractivity contribution in [3.8, 4) is 0 Å². The van der Waals surface area contributed by atoms with Gasteiger partial charge in [0.05, 0.1) is 4.99 Å². The van der Waals surface area contributed by atoms with Crippen LogP contribution in [0, 0.1) is 0 Å². The van der Waals surface area contributed by atoms with E-state index in [-0.39, 0.29) is 11.4 Å². The van der Waals surface area contributed by atoms with E-state index >= 15 is 0 Å². The van der Waals surface area contributed by atoms with Crippen LogP contribution in [0.1, 0.15) is 37.6 Å². The van der Waals surface area contributed by atoms with E-state index < -0.39 is 0 Å². The van der Waals surface area contributed by atoms with Gasteiger partial charge in [0.25, 0.3) is 5.91 Å². The lowest BCUT2D eigenvalue weighted by Crippen LogP contribution is -2.46. The number of thiocarbonyl (C=S) groups is 1. The van der Waals surface area contributed by atoms with E-state index in [1.807, 2.05) is 20.8 Å². The molecule has 0 saturated heterocycles. The Bertz CT molecular complexity index is 483. The fraction of sp³-hybridized carbons (Fsp3) is 0.429. The molecular weight excluding hydrogens is 280 g/mol. The summed E-state index contributed by atoms with van der Waals surface area (Å²) < 4.78 is 0. The second-order valence-electron chi connectivity index (χ2n) is 5.35. The first-order valence-electron chi connectivity index (χ1n) is 6.07. The van der Waals surface area contributed by atoms with Gasteiger partial charge >= 0.3 is 0 Å². The minimum absolute atomic E-state index is 0.0637. The number of hydrogen-bond acceptors (Lipinski definition) is 2. The van der Waals surface area contributed by atoms with E-state index in [2.05, 4.69) is 0 Å². The highest BCUT2D eigenvalue weighted by atomic mass is 35.5. The summed E-state index contributed by atoms with van der Waals surface area (Å²) >= 11 is 10.8. The van der Waals surface area contributed by atoms with Crippen LogP contribution in [-0.2, 0) is 0 Å². The van der Waals surface area contributed by atoms with E-state index in [0.717, 1.165) is 0 Å². The highest BCUT2D eigenvalue weighted by Crippen LogP contribution is 2.19. The van der Waals surface area contributed by atoms with Crippen molar-refractivity contribution in [2.45, 2.75) is 32.7 Å². The molecule has 0 atom stereocenters. The second-order valence-corrected chi connectivity index (χ2v) is 6.32. The van der Waals surface area contributed by atoms with Crippen molar-refractivity contribution in [3.05, 3.63) is 34.9 Å². The Morgan fingerprint density at radius 2 is 2.05 bits per heavy atom. The van der Waals surface area contributed by atoms with Gasteiger partial charge in [-0.05, 0) is 39.0 Å². The fourth-order valence-corrected chi connectivity index (χ4v) is 2.02. The molecule has 0 saturated carbocycles. The first kappa shape index (κ1) is 15.9. The molecule has 19 heavy (non-hydrogen) atoms. The van der Waals surface area contributed by atoms with Crippen molar-refractivity contribution in [2.75, 3.05) is 6.54 Å². The summed E-state index contributed by atoms with van der Waals surface area (Å²) in [6.45, 7) is 6.45. The van der Waals surface area contributed by atoms with Gasteiger partial charge in [-0.15, -0.1) is 0 Å². The summed E-state index contributed by atoms with van der Waals surface area (Å²) in [5.74, 6) is -0.0637. The average Bonchev–Trinajstić information content (AvgIpc) is 2.26. The van der Waals surface area contributed by atoms with Gasteiger partial charge in [0.1, 0.15) is 0 Å². The molecule has 1 aromatic carbocycles. The topological polar surface area (TPSA) is 46.3 Å². The number of halogens is 1. The van der Waals surface area contributed by atoms with Gasteiger partial charge in [-0.25, -0.2) is 0 Å². The van der Waals surface area contributed by atoms with Crippen LogP contribution in [0.15, 0.2) is 24.3 Å². The molecule has 104 valence electrons. The van der Waals surface area contributed by atoms with Crippen molar-refractivity contribution in [1.29, 1.82) is 0 Å². The molecule has 3 nitrogen and oxygen atoms in total. The van der Waals surface area contributed by atoms with E-state index in [4.69, 9.17) is 29.6 Å². The number of carbonyl (C=O) groups excluding carboxylic acids is 1. The third-order valence-corrected chi connectivity index (χ3v) is 3.15. The number of benzene rings is 1. The van der Waals surface area contributed by atoms with E-state index in [1.54, 1.807) is 29.2 Å². The van der Waals surface area contributed by atoms with Crippen LogP contribution in [0.4, 0.5) is 0 Å². The molecule has 1 rings (SSSR count). The molecule has 0 unspecified atom stereocenters. The monoisotopic (exact) mass is 298 g/mol. The summed E-state index contributed by atoms with van der Waals surface area (Å²) in [5, 5.41) is 0.550. The maximum Gasteiger partial charge on any atom is 0.254 e. The molecule has 0 fully saturated rings. The Balaban J connectivity index is 2.97. The summed E-state index contributed by atoms with van der Waals surface area (Å²) in [7, 11) is 0. The van der Waals surface area contributed by atoms with Gasteiger partial charge < -0.3 is 10.6 Å². The third kappa shape index (κ3) is 4.80. The maximum absolute atomic E-state index is 12.5. The fourth-order valence-electron chi connectivity index (χ4n) is 1.74. The predicted molar refractivity (Wildman–Crippen MR) is 83.6 cm³/mol. The number of nitrogens with zero attached hydrogens (tertiary/aromatic N) is 1. The Hall–Kier alpha value is -1.13. The van der Waals surface area contributed by atoms with Gasteiger partial charge in [-0.3, -0.25) is 4.79 Å². The number of nitrogens with two attached hydrogens (primary N) is 1. The highest BCUT2D eigenvalue weighted by molar-refractivity contribution is 7.80. The first-order valence-corrected chi connectivity index (χ1v) is 6.86. The molecule has 0 heterocycles. The minimum atomic E-state index is -0.301. The molecule has 1 amide bonds. The van der Waals surface area contributed by atoms with Crippen LogP contribution in [0.3, 0.4) is 0 Å². The Morgan fingerprint density at radius 3 is 2.53 bits per heavy atom. The molecule has 0 bridgehead atoms. The largest absolute Gasteiger partial charge is 0.393 e. The SMILES string of the molecule is CC(C)(C)N(CCC(N)=S)C(=O)c1cccc(Cl)c1. The number of carbonyl (C=O) groups is 1. The van der Waals surface area contributed by atoms with E-state index in [9.17, 15) is 4.79 Å². The number of hydrogen-bond donors (Lipinski definition) is 1. The molecule has 0 spiro atoms. The molecule has 0 aliphatic rings. The van der Waals surface area contributed by atoms with Gasteiger partial charge in [-0.1, -0.05) is 29.9 Å². The molecular formula is C14H19ClN2OS. The molecule has 0 aliphatic heterocycles. The van der Waals surface area contributed by atoms with Crippen molar-refractivity contribution in [1.82, 2.24) is 4.90 Å². The van der Waals surface area contributed by atoms with Crippen molar-refractivity contribution in [2.24, 2.45) is 5.73 Å². The number of rotatable bonds is 4. The summed E-state index contributed by atoms with van der Waals surface area (Å²) in [5.41, 5.74) is 5.79. The van der Waals surface area contributed by atoms with Crippen LogP contribution in [-0.4, -0.2) is 27.9 Å². The highest BCUT2D eigenvalue weighted by Gasteiger charge is 2.27. The average molecular weight is 299 g/mol. The quantitative estimate of drug-likeness (QED) is 0.868. The zero-order valence-electron chi connectivity index (χ0n) is 11.4. The summed E-state index contributed by atoms with van der Waals surface area (Å²) in [4.78, 5) is 14.7.